The van der Waals surface area contributed by atoms with Crippen molar-refractivity contribution in [2.75, 3.05) is 7.11 Å². The Labute approximate surface area is 111 Å². The second-order valence-corrected chi connectivity index (χ2v) is 5.07. The number of carbonyl (C=O) groups excluding carboxylic acids is 2. The fourth-order valence-corrected chi connectivity index (χ4v) is 1.34. The number of nitrogens with two attached hydrogens (primary N) is 1. The van der Waals surface area contributed by atoms with Crippen LogP contribution >= 0.6 is 0 Å². The number of esters is 1. The minimum atomic E-state index is -0.799. The summed E-state index contributed by atoms with van der Waals surface area (Å²) in [6.45, 7) is 5.30. The molecule has 0 unspecified atom stereocenters. The first-order valence-corrected chi connectivity index (χ1v) is 5.84. The van der Waals surface area contributed by atoms with Crippen LogP contribution in [0, 0.1) is 0 Å². The van der Waals surface area contributed by atoms with E-state index in [-0.39, 0.29) is 6.42 Å². The molecule has 0 aromatic carbocycles. The van der Waals surface area contributed by atoms with Crippen LogP contribution in [-0.4, -0.2) is 40.6 Å². The van der Waals surface area contributed by atoms with Gasteiger partial charge in [-0.3, -0.25) is 4.79 Å². The molecule has 0 amide bonds. The summed E-state index contributed by atoms with van der Waals surface area (Å²) in [6.07, 6.45) is 1.08. The minimum Gasteiger partial charge on any atom is -0.468 e. The Morgan fingerprint density at radius 2 is 2.11 bits per heavy atom. The van der Waals surface area contributed by atoms with Crippen LogP contribution in [0.3, 0.4) is 0 Å². The van der Waals surface area contributed by atoms with Gasteiger partial charge in [0.25, 0.3) is 0 Å². The van der Waals surface area contributed by atoms with Gasteiger partial charge in [-0.1, -0.05) is 0 Å². The highest BCUT2D eigenvalue weighted by atomic mass is 16.6. The average molecular weight is 269 g/mol. The molecule has 0 aliphatic heterocycles. The molecule has 19 heavy (non-hydrogen) atoms. The molecule has 2 N–H and O–H groups in total. The number of hydrogen-bond donors (Lipinski definition) is 1. The summed E-state index contributed by atoms with van der Waals surface area (Å²) >= 11 is 0. The number of ether oxygens (including phenoxy) is 2. The lowest BCUT2D eigenvalue weighted by Crippen LogP contribution is -2.34. The summed E-state index contributed by atoms with van der Waals surface area (Å²) < 4.78 is 10.7. The van der Waals surface area contributed by atoms with Crippen molar-refractivity contribution in [1.82, 2.24) is 9.78 Å². The molecule has 7 heteroatoms. The summed E-state index contributed by atoms with van der Waals surface area (Å²) in [5.41, 5.74) is 5.53. The lowest BCUT2D eigenvalue weighted by molar-refractivity contribution is -0.142. The van der Waals surface area contributed by atoms with E-state index in [1.807, 2.05) is 0 Å². The normalized spacial score (nSPS) is 12.9. The number of aromatic nitrogens is 2. The summed E-state index contributed by atoms with van der Waals surface area (Å²) in [4.78, 5) is 22.9. The van der Waals surface area contributed by atoms with E-state index in [0.29, 0.717) is 5.69 Å². The number of methoxy groups -OCH3 is 1. The van der Waals surface area contributed by atoms with E-state index in [2.05, 4.69) is 9.84 Å². The maximum absolute atomic E-state index is 11.7. The largest absolute Gasteiger partial charge is 0.468 e. The van der Waals surface area contributed by atoms with Crippen molar-refractivity contribution in [3.63, 3.8) is 0 Å². The molecule has 0 spiro atoms. The van der Waals surface area contributed by atoms with Gasteiger partial charge in [0, 0.05) is 12.6 Å². The number of nitrogens with zero attached hydrogens (tertiary/aromatic N) is 2. The topological polar surface area (TPSA) is 96.4 Å². The van der Waals surface area contributed by atoms with E-state index in [0.717, 1.165) is 4.68 Å². The van der Waals surface area contributed by atoms with E-state index in [1.165, 1.54) is 13.3 Å². The van der Waals surface area contributed by atoms with Gasteiger partial charge in [-0.2, -0.15) is 9.78 Å². The van der Waals surface area contributed by atoms with Gasteiger partial charge >= 0.3 is 12.1 Å². The summed E-state index contributed by atoms with van der Waals surface area (Å²) in [5.74, 6) is -0.521. The van der Waals surface area contributed by atoms with E-state index < -0.39 is 23.7 Å². The summed E-state index contributed by atoms with van der Waals surface area (Å²) in [6, 6.07) is 0.805. The molecular formula is C12H19N3O4. The Morgan fingerprint density at radius 3 is 2.63 bits per heavy atom. The molecule has 0 radical (unpaired) electrons. The first-order chi connectivity index (χ1) is 8.73. The van der Waals surface area contributed by atoms with Crippen LogP contribution in [0.2, 0.25) is 0 Å². The van der Waals surface area contributed by atoms with Crippen molar-refractivity contribution < 1.29 is 19.1 Å². The number of rotatable bonds is 3. The molecule has 1 aromatic rings. The fourth-order valence-electron chi connectivity index (χ4n) is 1.34. The van der Waals surface area contributed by atoms with Crippen molar-refractivity contribution in [1.29, 1.82) is 0 Å². The standard InChI is InChI=1S/C12H19N3O4/c1-12(2,3)19-11(17)15-6-5-8(14-15)7-9(13)10(16)18-4/h5-6,9H,7,13H2,1-4H3/t9-/m0/s1. The zero-order valence-corrected chi connectivity index (χ0v) is 11.5. The zero-order chi connectivity index (χ0) is 14.6. The van der Waals surface area contributed by atoms with E-state index >= 15 is 0 Å². The smallest absolute Gasteiger partial charge is 0.435 e. The molecule has 1 heterocycles. The third-order valence-electron chi connectivity index (χ3n) is 2.16. The molecule has 0 aliphatic carbocycles. The Morgan fingerprint density at radius 1 is 1.47 bits per heavy atom. The Hall–Kier alpha value is -1.89. The van der Waals surface area contributed by atoms with E-state index in [9.17, 15) is 9.59 Å². The Kier molecular flexibility index (Phi) is 4.66. The molecule has 0 bridgehead atoms. The van der Waals surface area contributed by atoms with Crippen LogP contribution in [0.5, 0.6) is 0 Å². The van der Waals surface area contributed by atoms with Crippen LogP contribution < -0.4 is 5.73 Å². The van der Waals surface area contributed by atoms with Gasteiger partial charge in [0.15, 0.2) is 0 Å². The van der Waals surface area contributed by atoms with Crippen LogP contribution in [0.1, 0.15) is 26.5 Å². The van der Waals surface area contributed by atoms with Gasteiger partial charge in [-0.25, -0.2) is 4.79 Å². The Bertz CT molecular complexity index is 462. The van der Waals surface area contributed by atoms with Crippen molar-refractivity contribution in [2.45, 2.75) is 38.8 Å². The third-order valence-corrected chi connectivity index (χ3v) is 2.16. The zero-order valence-electron chi connectivity index (χ0n) is 11.5. The lowest BCUT2D eigenvalue weighted by atomic mass is 10.2. The second kappa shape index (κ2) is 5.83. The van der Waals surface area contributed by atoms with Gasteiger partial charge < -0.3 is 15.2 Å². The van der Waals surface area contributed by atoms with Crippen LogP contribution in [0.4, 0.5) is 4.79 Å². The highest BCUT2D eigenvalue weighted by molar-refractivity contribution is 5.75. The minimum absolute atomic E-state index is 0.197. The van der Waals surface area contributed by atoms with Crippen molar-refractivity contribution >= 4 is 12.1 Å². The molecule has 106 valence electrons. The predicted molar refractivity (Wildman–Crippen MR) is 67.6 cm³/mol. The lowest BCUT2D eigenvalue weighted by Gasteiger charge is -2.18. The third kappa shape index (κ3) is 4.70. The van der Waals surface area contributed by atoms with Crippen LogP contribution in [-0.2, 0) is 20.7 Å². The SMILES string of the molecule is COC(=O)[C@@H](N)Cc1ccn(C(=O)OC(C)(C)C)n1. The summed E-state index contributed by atoms with van der Waals surface area (Å²) in [7, 11) is 1.27. The van der Waals surface area contributed by atoms with E-state index in [4.69, 9.17) is 10.5 Å². The quantitative estimate of drug-likeness (QED) is 0.812. The van der Waals surface area contributed by atoms with Gasteiger partial charge in [-0.05, 0) is 26.8 Å². The molecule has 0 aliphatic rings. The van der Waals surface area contributed by atoms with E-state index in [1.54, 1.807) is 26.8 Å². The monoisotopic (exact) mass is 269 g/mol. The molecule has 0 saturated heterocycles. The van der Waals surface area contributed by atoms with Crippen molar-refractivity contribution in [3.8, 4) is 0 Å². The van der Waals surface area contributed by atoms with Crippen molar-refractivity contribution in [3.05, 3.63) is 18.0 Å². The molecule has 1 aromatic heterocycles. The van der Waals surface area contributed by atoms with Crippen molar-refractivity contribution in [2.24, 2.45) is 5.73 Å². The van der Waals surface area contributed by atoms with Crippen LogP contribution in [0.15, 0.2) is 12.3 Å². The fraction of sp³-hybridized carbons (Fsp3) is 0.583. The molecular weight excluding hydrogens is 250 g/mol. The first kappa shape index (κ1) is 15.2. The van der Waals surface area contributed by atoms with Gasteiger partial charge in [0.1, 0.15) is 11.6 Å². The molecule has 0 fully saturated rings. The molecule has 0 saturated carbocycles. The highest BCUT2D eigenvalue weighted by Gasteiger charge is 2.20. The van der Waals surface area contributed by atoms with Crippen LogP contribution in [0.25, 0.3) is 0 Å². The highest BCUT2D eigenvalue weighted by Crippen LogP contribution is 2.09. The molecule has 7 nitrogen and oxygen atoms in total. The number of hydrogen-bond acceptors (Lipinski definition) is 6. The second-order valence-electron chi connectivity index (χ2n) is 5.07. The molecule has 1 rings (SSSR count). The maximum atomic E-state index is 11.7. The van der Waals surface area contributed by atoms with Gasteiger partial charge in [-0.15, -0.1) is 0 Å². The molecule has 1 atom stereocenters. The van der Waals surface area contributed by atoms with Gasteiger partial charge in [0.05, 0.1) is 12.8 Å². The predicted octanol–water partition coefficient (Wildman–Crippen LogP) is 0.709. The first-order valence-electron chi connectivity index (χ1n) is 5.84. The van der Waals surface area contributed by atoms with Gasteiger partial charge in [0.2, 0.25) is 0 Å². The maximum Gasteiger partial charge on any atom is 0.435 e. The average Bonchev–Trinajstić information content (AvgIpc) is 2.74. The summed E-state index contributed by atoms with van der Waals surface area (Å²) in [5, 5.41) is 4.01. The Balaban J connectivity index is 2.67. The number of carbonyl (C=O) groups is 2.